The van der Waals surface area contributed by atoms with Gasteiger partial charge in [-0.1, -0.05) is 12.1 Å². The average molecular weight is 423 g/mol. The van der Waals surface area contributed by atoms with E-state index >= 15 is 0 Å². The summed E-state index contributed by atoms with van der Waals surface area (Å²) >= 11 is 0. The first-order chi connectivity index (χ1) is 14.0. The summed E-state index contributed by atoms with van der Waals surface area (Å²) < 4.78 is 20.2. The Morgan fingerprint density at radius 2 is 1.47 bits per heavy atom. The summed E-state index contributed by atoms with van der Waals surface area (Å²) in [5.74, 6) is -3.99. The summed E-state index contributed by atoms with van der Waals surface area (Å²) in [7, 11) is 0. The molecule has 0 saturated heterocycles. The van der Waals surface area contributed by atoms with Gasteiger partial charge in [0.2, 0.25) is 6.10 Å². The monoisotopic (exact) mass is 423 g/mol. The average Bonchev–Trinajstić information content (AvgIpc) is 2.60. The lowest BCUT2D eigenvalue weighted by atomic mass is 10.1. The maximum atomic E-state index is 12.9. The Bertz CT molecular complexity index is 805. The van der Waals surface area contributed by atoms with Crippen molar-refractivity contribution in [1.29, 1.82) is 0 Å². The SMILES string of the molecule is CC(=O)OC[C@@H](OC(C)=O)[C@H](OC(C)=O)[C@H](OC(C)=O)C(=O)Nc1cccc(C)c1. The van der Waals surface area contributed by atoms with E-state index in [1.165, 1.54) is 0 Å². The number of aryl methyl sites for hydroxylation is 1. The molecule has 0 fully saturated rings. The van der Waals surface area contributed by atoms with Gasteiger partial charge < -0.3 is 24.3 Å². The second kappa shape index (κ2) is 11.5. The zero-order valence-corrected chi connectivity index (χ0v) is 17.4. The fraction of sp³-hybridized carbons (Fsp3) is 0.450. The van der Waals surface area contributed by atoms with E-state index in [9.17, 15) is 24.0 Å². The first-order valence-electron chi connectivity index (χ1n) is 9.02. The van der Waals surface area contributed by atoms with Gasteiger partial charge in [0.25, 0.3) is 5.91 Å². The van der Waals surface area contributed by atoms with Crippen LogP contribution in [0.4, 0.5) is 5.69 Å². The molecule has 0 bridgehead atoms. The number of nitrogens with one attached hydrogen (secondary N) is 1. The molecule has 3 atom stereocenters. The third-order valence-electron chi connectivity index (χ3n) is 3.57. The van der Waals surface area contributed by atoms with Crippen molar-refractivity contribution in [3.8, 4) is 0 Å². The molecule has 0 spiro atoms. The molecule has 0 saturated carbocycles. The molecule has 164 valence electrons. The fourth-order valence-electron chi connectivity index (χ4n) is 2.52. The Labute approximate surface area is 173 Å². The molecule has 1 N–H and O–H groups in total. The third-order valence-corrected chi connectivity index (χ3v) is 3.57. The summed E-state index contributed by atoms with van der Waals surface area (Å²) in [6.45, 7) is 5.62. The minimum absolute atomic E-state index is 0.405. The van der Waals surface area contributed by atoms with E-state index in [1.54, 1.807) is 18.2 Å². The second-order valence-electron chi connectivity index (χ2n) is 6.41. The smallest absolute Gasteiger partial charge is 0.303 e. The molecule has 0 aromatic heterocycles. The van der Waals surface area contributed by atoms with Crippen LogP contribution >= 0.6 is 0 Å². The molecule has 10 heteroatoms. The van der Waals surface area contributed by atoms with Crippen molar-refractivity contribution in [1.82, 2.24) is 0 Å². The van der Waals surface area contributed by atoms with Crippen molar-refractivity contribution in [2.24, 2.45) is 0 Å². The Kier molecular flexibility index (Phi) is 9.47. The van der Waals surface area contributed by atoms with Crippen LogP contribution in [0.5, 0.6) is 0 Å². The normalized spacial score (nSPS) is 13.2. The highest BCUT2D eigenvalue weighted by molar-refractivity contribution is 5.96. The maximum Gasteiger partial charge on any atom is 0.303 e. The molecule has 1 rings (SSSR count). The zero-order valence-electron chi connectivity index (χ0n) is 17.4. The molecule has 0 aliphatic carbocycles. The number of carbonyl (C=O) groups is 5. The first-order valence-corrected chi connectivity index (χ1v) is 9.02. The second-order valence-corrected chi connectivity index (χ2v) is 6.41. The summed E-state index contributed by atoms with van der Waals surface area (Å²) in [4.78, 5) is 58.9. The molecular weight excluding hydrogens is 398 g/mol. The van der Waals surface area contributed by atoms with Crippen molar-refractivity contribution >= 4 is 35.5 Å². The number of ether oxygens (including phenoxy) is 4. The van der Waals surface area contributed by atoms with Crippen LogP contribution in [0.25, 0.3) is 0 Å². The molecule has 30 heavy (non-hydrogen) atoms. The lowest BCUT2D eigenvalue weighted by Crippen LogP contribution is -2.52. The van der Waals surface area contributed by atoms with Crippen molar-refractivity contribution in [3.63, 3.8) is 0 Å². The highest BCUT2D eigenvalue weighted by Gasteiger charge is 2.42. The molecule has 1 amide bonds. The van der Waals surface area contributed by atoms with Gasteiger partial charge in [-0.15, -0.1) is 0 Å². The molecule has 0 unspecified atom stereocenters. The number of carbonyl (C=O) groups excluding carboxylic acids is 5. The molecule has 0 radical (unpaired) electrons. The highest BCUT2D eigenvalue weighted by Crippen LogP contribution is 2.18. The number of hydrogen-bond donors (Lipinski definition) is 1. The fourth-order valence-corrected chi connectivity index (χ4v) is 2.52. The van der Waals surface area contributed by atoms with Gasteiger partial charge in [-0.2, -0.15) is 0 Å². The molecule has 10 nitrogen and oxygen atoms in total. The first kappa shape index (κ1) is 24.6. The molecule has 0 aliphatic rings. The lowest BCUT2D eigenvalue weighted by molar-refractivity contribution is -0.190. The predicted octanol–water partition coefficient (Wildman–Crippen LogP) is 1.29. The largest absolute Gasteiger partial charge is 0.462 e. The molecule has 0 aliphatic heterocycles. The Balaban J connectivity index is 3.27. The van der Waals surface area contributed by atoms with Crippen molar-refractivity contribution < 1.29 is 42.9 Å². The van der Waals surface area contributed by atoms with Gasteiger partial charge in [0.1, 0.15) is 6.61 Å². The molecule has 1 aromatic rings. The zero-order chi connectivity index (χ0) is 22.8. The van der Waals surface area contributed by atoms with Crippen LogP contribution in [-0.2, 0) is 42.9 Å². The van der Waals surface area contributed by atoms with E-state index in [0.717, 1.165) is 33.3 Å². The predicted molar refractivity (Wildman–Crippen MR) is 103 cm³/mol. The van der Waals surface area contributed by atoms with Gasteiger partial charge in [0.15, 0.2) is 12.2 Å². The van der Waals surface area contributed by atoms with Gasteiger partial charge in [-0.05, 0) is 24.6 Å². The Morgan fingerprint density at radius 3 is 1.97 bits per heavy atom. The van der Waals surface area contributed by atoms with Gasteiger partial charge in [-0.3, -0.25) is 24.0 Å². The maximum absolute atomic E-state index is 12.9. The minimum atomic E-state index is -1.69. The van der Waals surface area contributed by atoms with E-state index in [4.69, 9.17) is 18.9 Å². The molecule has 0 heterocycles. The number of anilines is 1. The van der Waals surface area contributed by atoms with Crippen LogP contribution in [0.15, 0.2) is 24.3 Å². The van der Waals surface area contributed by atoms with E-state index in [-0.39, 0.29) is 0 Å². The van der Waals surface area contributed by atoms with Crippen LogP contribution in [-0.4, -0.2) is 54.7 Å². The quantitative estimate of drug-likeness (QED) is 0.460. The van der Waals surface area contributed by atoms with Crippen LogP contribution in [0.3, 0.4) is 0 Å². The van der Waals surface area contributed by atoms with E-state index in [1.807, 2.05) is 13.0 Å². The topological polar surface area (TPSA) is 134 Å². The van der Waals surface area contributed by atoms with Crippen molar-refractivity contribution in [2.75, 3.05) is 11.9 Å². The Morgan fingerprint density at radius 1 is 0.867 bits per heavy atom. The Hall–Kier alpha value is -3.43. The number of hydrogen-bond acceptors (Lipinski definition) is 9. The lowest BCUT2D eigenvalue weighted by Gasteiger charge is -2.30. The highest BCUT2D eigenvalue weighted by atomic mass is 16.6. The molecular formula is C20H25NO9. The van der Waals surface area contributed by atoms with Crippen LogP contribution in [0, 0.1) is 6.92 Å². The van der Waals surface area contributed by atoms with Gasteiger partial charge in [-0.25, -0.2) is 0 Å². The van der Waals surface area contributed by atoms with E-state index < -0.39 is 54.7 Å². The number of esters is 4. The van der Waals surface area contributed by atoms with Crippen LogP contribution in [0.1, 0.15) is 33.3 Å². The van der Waals surface area contributed by atoms with E-state index in [0.29, 0.717) is 5.69 Å². The summed E-state index contributed by atoms with van der Waals surface area (Å²) in [6.07, 6.45) is -4.66. The minimum Gasteiger partial charge on any atom is -0.462 e. The van der Waals surface area contributed by atoms with Gasteiger partial charge in [0.05, 0.1) is 0 Å². The summed E-state index contributed by atoms with van der Waals surface area (Å²) in [6, 6.07) is 6.80. The summed E-state index contributed by atoms with van der Waals surface area (Å²) in [5, 5.41) is 2.56. The van der Waals surface area contributed by atoms with Gasteiger partial charge >= 0.3 is 23.9 Å². The van der Waals surface area contributed by atoms with Crippen LogP contribution < -0.4 is 5.32 Å². The van der Waals surface area contributed by atoms with Crippen molar-refractivity contribution in [2.45, 2.75) is 52.9 Å². The van der Waals surface area contributed by atoms with Crippen LogP contribution in [0.2, 0.25) is 0 Å². The third kappa shape index (κ3) is 8.72. The van der Waals surface area contributed by atoms with Gasteiger partial charge in [0, 0.05) is 33.4 Å². The number of amides is 1. The van der Waals surface area contributed by atoms with E-state index in [2.05, 4.69) is 5.32 Å². The number of benzene rings is 1. The molecule has 1 aromatic carbocycles. The number of rotatable bonds is 9. The van der Waals surface area contributed by atoms with Crippen molar-refractivity contribution in [3.05, 3.63) is 29.8 Å². The summed E-state index contributed by atoms with van der Waals surface area (Å²) in [5.41, 5.74) is 1.27. The standard InChI is InChI=1S/C20H25NO9/c1-11-7-6-8-16(9-11)21-20(26)19(30-15(5)25)18(29-14(4)24)17(28-13(3)23)10-27-12(2)22/h6-9,17-19H,10H2,1-5H3,(H,21,26)/t17-,18+,19+/m1/s1.